The molecule has 6 nitrogen and oxygen atoms in total. The molecule has 4 rings (SSSR count). The average molecular weight is 359 g/mol. The Balaban J connectivity index is 1.75. The van der Waals surface area contributed by atoms with E-state index < -0.39 is 0 Å². The summed E-state index contributed by atoms with van der Waals surface area (Å²) in [6.07, 6.45) is 2.71. The Kier molecular flexibility index (Phi) is 4.25. The molecule has 2 aliphatic rings. The van der Waals surface area contributed by atoms with E-state index in [2.05, 4.69) is 10.2 Å². The predicted molar refractivity (Wildman–Crippen MR) is 96.5 cm³/mol. The highest BCUT2D eigenvalue weighted by Crippen LogP contribution is 2.43. The number of phenols is 1. The monoisotopic (exact) mass is 359 g/mol. The number of nitrogens with one attached hydrogen (secondary N) is 1. The molecule has 1 fully saturated rings. The predicted octanol–water partition coefficient (Wildman–Crippen LogP) is 2.61. The number of ether oxygens (including phenoxy) is 1. The third kappa shape index (κ3) is 3.04. The molecule has 0 unspecified atom stereocenters. The fraction of sp³-hybridized carbons (Fsp3) is 0.444. The number of fused-ring (bicyclic) bond motifs is 1. The topological polar surface area (TPSA) is 74.7 Å². The SMILES string of the molecule is COc1ccc([C@@H]2CC(=O)NCc3nc(N4CCCC4)sc32)c(O)c1. The van der Waals surface area contributed by atoms with E-state index in [1.165, 1.54) is 12.8 Å². The van der Waals surface area contributed by atoms with Crippen LogP contribution in [-0.4, -0.2) is 36.2 Å². The lowest BCUT2D eigenvalue weighted by molar-refractivity contribution is -0.121. The summed E-state index contributed by atoms with van der Waals surface area (Å²) >= 11 is 1.65. The molecule has 1 amide bonds. The van der Waals surface area contributed by atoms with Crippen molar-refractivity contribution in [3.63, 3.8) is 0 Å². The number of rotatable bonds is 3. The van der Waals surface area contributed by atoms with Gasteiger partial charge in [-0.25, -0.2) is 4.98 Å². The number of aromatic nitrogens is 1. The molecule has 0 spiro atoms. The molecule has 0 aliphatic carbocycles. The number of anilines is 1. The lowest BCUT2D eigenvalue weighted by Gasteiger charge is -2.16. The minimum atomic E-state index is -0.183. The Morgan fingerprint density at radius 3 is 2.88 bits per heavy atom. The van der Waals surface area contributed by atoms with Crippen molar-refractivity contribution in [1.82, 2.24) is 10.3 Å². The van der Waals surface area contributed by atoms with Crippen LogP contribution < -0.4 is 15.0 Å². The Morgan fingerprint density at radius 2 is 2.16 bits per heavy atom. The summed E-state index contributed by atoms with van der Waals surface area (Å²) in [6.45, 7) is 2.53. The second-order valence-electron chi connectivity index (χ2n) is 6.46. The van der Waals surface area contributed by atoms with Crippen molar-refractivity contribution in [3.8, 4) is 11.5 Å². The van der Waals surface area contributed by atoms with Gasteiger partial charge in [-0.1, -0.05) is 6.07 Å². The van der Waals surface area contributed by atoms with Gasteiger partial charge >= 0.3 is 0 Å². The first-order valence-corrected chi connectivity index (χ1v) is 9.35. The van der Waals surface area contributed by atoms with E-state index in [9.17, 15) is 9.90 Å². The van der Waals surface area contributed by atoms with E-state index in [0.29, 0.717) is 18.7 Å². The molecular weight excluding hydrogens is 338 g/mol. The van der Waals surface area contributed by atoms with Crippen molar-refractivity contribution in [2.75, 3.05) is 25.1 Å². The van der Waals surface area contributed by atoms with Crippen molar-refractivity contribution >= 4 is 22.4 Å². The van der Waals surface area contributed by atoms with Crippen LogP contribution in [0.25, 0.3) is 0 Å². The largest absolute Gasteiger partial charge is 0.508 e. The van der Waals surface area contributed by atoms with Crippen LogP contribution in [0.5, 0.6) is 11.5 Å². The van der Waals surface area contributed by atoms with Crippen LogP contribution in [-0.2, 0) is 11.3 Å². The smallest absolute Gasteiger partial charge is 0.221 e. The van der Waals surface area contributed by atoms with Gasteiger partial charge in [0.05, 0.1) is 19.3 Å². The summed E-state index contributed by atoms with van der Waals surface area (Å²) in [6, 6.07) is 5.26. The number of hydrogen-bond donors (Lipinski definition) is 2. The Labute approximate surface area is 150 Å². The zero-order chi connectivity index (χ0) is 17.4. The van der Waals surface area contributed by atoms with Gasteiger partial charge in [-0.2, -0.15) is 0 Å². The fourth-order valence-electron chi connectivity index (χ4n) is 3.52. The maximum absolute atomic E-state index is 12.2. The minimum absolute atomic E-state index is 0.0202. The van der Waals surface area contributed by atoms with Crippen molar-refractivity contribution < 1.29 is 14.6 Å². The number of aromatic hydroxyl groups is 1. The Morgan fingerprint density at radius 1 is 1.36 bits per heavy atom. The summed E-state index contributed by atoms with van der Waals surface area (Å²) in [5.41, 5.74) is 1.66. The lowest BCUT2D eigenvalue weighted by atomic mass is 9.92. The van der Waals surface area contributed by atoms with Gasteiger partial charge in [-0.05, 0) is 18.9 Å². The summed E-state index contributed by atoms with van der Waals surface area (Å²) in [5, 5.41) is 14.4. The average Bonchev–Trinajstić information content (AvgIpc) is 3.25. The first-order chi connectivity index (χ1) is 12.2. The van der Waals surface area contributed by atoms with E-state index in [0.717, 1.165) is 34.4 Å². The van der Waals surface area contributed by atoms with Gasteiger partial charge in [-0.15, -0.1) is 11.3 Å². The first kappa shape index (κ1) is 16.2. The number of hydrogen-bond acceptors (Lipinski definition) is 6. The van der Waals surface area contributed by atoms with Crippen LogP contribution in [0.2, 0.25) is 0 Å². The minimum Gasteiger partial charge on any atom is -0.508 e. The number of carbonyl (C=O) groups excluding carboxylic acids is 1. The molecule has 0 radical (unpaired) electrons. The summed E-state index contributed by atoms with van der Waals surface area (Å²) in [7, 11) is 1.57. The van der Waals surface area contributed by atoms with Gasteiger partial charge < -0.3 is 20.1 Å². The van der Waals surface area contributed by atoms with Crippen LogP contribution in [0.3, 0.4) is 0 Å². The second-order valence-corrected chi connectivity index (χ2v) is 7.47. The number of benzene rings is 1. The number of amides is 1. The Hall–Kier alpha value is -2.28. The van der Waals surface area contributed by atoms with E-state index in [1.54, 1.807) is 24.5 Å². The van der Waals surface area contributed by atoms with Crippen molar-refractivity contribution in [1.29, 1.82) is 0 Å². The number of phenolic OH excluding ortho intramolecular Hbond substituents is 1. The molecule has 1 saturated heterocycles. The normalized spacial score (nSPS) is 20.1. The highest BCUT2D eigenvalue weighted by molar-refractivity contribution is 7.15. The van der Waals surface area contributed by atoms with E-state index >= 15 is 0 Å². The van der Waals surface area contributed by atoms with Crippen LogP contribution in [0.1, 0.15) is 41.3 Å². The summed E-state index contributed by atoms with van der Waals surface area (Å²) in [5.74, 6) is 0.549. The van der Waals surface area contributed by atoms with Crippen molar-refractivity contribution in [2.24, 2.45) is 0 Å². The molecule has 2 aliphatic heterocycles. The zero-order valence-corrected chi connectivity index (χ0v) is 14.9. The number of methoxy groups -OCH3 is 1. The van der Waals surface area contributed by atoms with Crippen molar-refractivity contribution in [2.45, 2.75) is 31.7 Å². The lowest BCUT2D eigenvalue weighted by Crippen LogP contribution is -2.22. The number of nitrogens with zero attached hydrogens (tertiary/aromatic N) is 2. The maximum atomic E-state index is 12.2. The van der Waals surface area contributed by atoms with Gasteiger partial charge in [0, 0.05) is 41.9 Å². The van der Waals surface area contributed by atoms with Gasteiger partial charge in [-0.3, -0.25) is 4.79 Å². The van der Waals surface area contributed by atoms with Gasteiger partial charge in [0.2, 0.25) is 5.91 Å². The molecular formula is C18H21N3O3S. The number of thiazole rings is 1. The van der Waals surface area contributed by atoms with Gasteiger partial charge in [0.1, 0.15) is 11.5 Å². The van der Waals surface area contributed by atoms with Crippen LogP contribution in [0, 0.1) is 0 Å². The third-order valence-corrected chi connectivity index (χ3v) is 6.14. The van der Waals surface area contributed by atoms with E-state index in [1.807, 2.05) is 12.1 Å². The van der Waals surface area contributed by atoms with Crippen LogP contribution in [0.4, 0.5) is 5.13 Å². The quantitative estimate of drug-likeness (QED) is 0.881. The molecule has 3 heterocycles. The first-order valence-electron chi connectivity index (χ1n) is 8.54. The van der Waals surface area contributed by atoms with Gasteiger partial charge in [0.25, 0.3) is 0 Å². The standard InChI is InChI=1S/C18H21N3O3S/c1-24-11-4-5-12(15(22)8-11)13-9-16(23)19-10-14-17(13)25-18(20-14)21-6-2-3-7-21/h4-5,8,13,22H,2-3,6-7,9-10H2,1H3,(H,19,23)/t13-/m0/s1. The molecule has 1 atom stereocenters. The molecule has 132 valence electrons. The van der Waals surface area contributed by atoms with Crippen LogP contribution in [0.15, 0.2) is 18.2 Å². The highest BCUT2D eigenvalue weighted by Gasteiger charge is 2.31. The Bertz CT molecular complexity index is 799. The van der Waals surface area contributed by atoms with Crippen molar-refractivity contribution in [3.05, 3.63) is 34.3 Å². The fourth-order valence-corrected chi connectivity index (χ4v) is 4.77. The molecule has 0 bridgehead atoms. The highest BCUT2D eigenvalue weighted by atomic mass is 32.1. The molecule has 7 heteroatoms. The summed E-state index contributed by atoms with van der Waals surface area (Å²) < 4.78 is 5.17. The second kappa shape index (κ2) is 6.55. The molecule has 2 N–H and O–H groups in total. The molecule has 1 aromatic heterocycles. The molecule has 0 saturated carbocycles. The zero-order valence-electron chi connectivity index (χ0n) is 14.1. The van der Waals surface area contributed by atoms with Crippen LogP contribution >= 0.6 is 11.3 Å². The van der Waals surface area contributed by atoms with E-state index in [4.69, 9.17) is 9.72 Å². The maximum Gasteiger partial charge on any atom is 0.221 e. The summed E-state index contributed by atoms with van der Waals surface area (Å²) in [4.78, 5) is 20.3. The van der Waals surface area contributed by atoms with Gasteiger partial charge in [0.15, 0.2) is 5.13 Å². The number of carbonyl (C=O) groups is 1. The molecule has 2 aromatic rings. The molecule has 25 heavy (non-hydrogen) atoms. The van der Waals surface area contributed by atoms with E-state index in [-0.39, 0.29) is 17.6 Å². The molecule has 1 aromatic carbocycles. The third-order valence-electron chi connectivity index (χ3n) is 4.86.